The van der Waals surface area contributed by atoms with Crippen molar-refractivity contribution in [1.82, 2.24) is 5.32 Å². The van der Waals surface area contributed by atoms with Gasteiger partial charge in [0.1, 0.15) is 0 Å². The van der Waals surface area contributed by atoms with Gasteiger partial charge in [-0.3, -0.25) is 0 Å². The molecule has 0 bridgehead atoms. The van der Waals surface area contributed by atoms with Crippen molar-refractivity contribution >= 4 is 0 Å². The molecule has 21 heavy (non-hydrogen) atoms. The summed E-state index contributed by atoms with van der Waals surface area (Å²) in [6.07, 6.45) is 16.5. The molecule has 1 rings (SSSR count). The molecule has 3 atom stereocenters. The molecule has 126 valence electrons. The Kier molecular flexibility index (Phi) is 11.2. The summed E-state index contributed by atoms with van der Waals surface area (Å²) in [5, 5.41) is 22.3. The van der Waals surface area contributed by atoms with Crippen molar-refractivity contribution < 1.29 is 10.2 Å². The smallest absolute Gasteiger partial charge is 0.0716 e. The highest BCUT2D eigenvalue weighted by atomic mass is 16.3. The Morgan fingerprint density at radius 3 is 2.00 bits per heavy atom. The second-order valence-electron chi connectivity index (χ2n) is 6.77. The third kappa shape index (κ3) is 8.80. The molecule has 3 heteroatoms. The maximum Gasteiger partial charge on any atom is 0.0716 e. The molecular formula is C18H37NO2. The van der Waals surface area contributed by atoms with Crippen molar-refractivity contribution in [1.29, 1.82) is 0 Å². The SMILES string of the molecule is CCCCCCCCCCCC[C@H]1CC[C@H](O)[C@H](CO)N1. The van der Waals surface area contributed by atoms with Crippen LogP contribution in [-0.4, -0.2) is 35.0 Å². The molecule has 0 amide bonds. The third-order valence-corrected chi connectivity index (χ3v) is 4.83. The zero-order valence-electron chi connectivity index (χ0n) is 14.0. The van der Waals surface area contributed by atoms with Crippen LogP contribution in [0.15, 0.2) is 0 Å². The van der Waals surface area contributed by atoms with Gasteiger partial charge in [0, 0.05) is 6.04 Å². The standard InChI is InChI=1S/C18H37NO2/c1-2-3-4-5-6-7-8-9-10-11-12-16-13-14-18(21)17(15-20)19-16/h16-21H,2-15H2,1H3/t16-,17-,18-/m0/s1. The van der Waals surface area contributed by atoms with Gasteiger partial charge in [0.25, 0.3) is 0 Å². The number of rotatable bonds is 12. The van der Waals surface area contributed by atoms with Crippen LogP contribution in [0.5, 0.6) is 0 Å². The lowest BCUT2D eigenvalue weighted by atomic mass is 9.93. The van der Waals surface area contributed by atoms with Crippen molar-refractivity contribution in [2.24, 2.45) is 0 Å². The van der Waals surface area contributed by atoms with Crippen LogP contribution in [0.2, 0.25) is 0 Å². The summed E-state index contributed by atoms with van der Waals surface area (Å²) in [5.41, 5.74) is 0. The maximum atomic E-state index is 9.71. The Morgan fingerprint density at radius 1 is 0.857 bits per heavy atom. The summed E-state index contributed by atoms with van der Waals surface area (Å²) in [7, 11) is 0. The van der Waals surface area contributed by atoms with E-state index in [1.165, 1.54) is 70.6 Å². The quantitative estimate of drug-likeness (QED) is 0.481. The summed E-state index contributed by atoms with van der Waals surface area (Å²) < 4.78 is 0. The lowest BCUT2D eigenvalue weighted by Gasteiger charge is -2.34. The molecule has 1 fully saturated rings. The van der Waals surface area contributed by atoms with E-state index in [1.54, 1.807) is 0 Å². The predicted molar refractivity (Wildman–Crippen MR) is 89.5 cm³/mol. The number of hydrogen-bond donors (Lipinski definition) is 3. The molecule has 3 nitrogen and oxygen atoms in total. The highest BCUT2D eigenvalue weighted by Crippen LogP contribution is 2.18. The van der Waals surface area contributed by atoms with Gasteiger partial charge in [-0.1, -0.05) is 71.1 Å². The Balaban J connectivity index is 1.88. The van der Waals surface area contributed by atoms with Gasteiger partial charge >= 0.3 is 0 Å². The molecule has 0 aromatic rings. The topological polar surface area (TPSA) is 52.5 Å². The lowest BCUT2D eigenvalue weighted by Crippen LogP contribution is -2.52. The largest absolute Gasteiger partial charge is 0.395 e. The Labute approximate surface area is 131 Å². The van der Waals surface area contributed by atoms with Gasteiger partial charge in [0.05, 0.1) is 18.8 Å². The van der Waals surface area contributed by atoms with E-state index in [2.05, 4.69) is 12.2 Å². The van der Waals surface area contributed by atoms with E-state index in [0.29, 0.717) is 6.04 Å². The normalized spacial score (nSPS) is 26.1. The first-order valence-electron chi connectivity index (χ1n) is 9.33. The van der Waals surface area contributed by atoms with Gasteiger partial charge in [-0.15, -0.1) is 0 Å². The first kappa shape index (κ1) is 18.9. The van der Waals surface area contributed by atoms with E-state index in [0.717, 1.165) is 12.8 Å². The summed E-state index contributed by atoms with van der Waals surface area (Å²) in [4.78, 5) is 0. The number of hydrogen-bond acceptors (Lipinski definition) is 3. The van der Waals surface area contributed by atoms with Gasteiger partial charge in [0.2, 0.25) is 0 Å². The van der Waals surface area contributed by atoms with E-state index in [-0.39, 0.29) is 18.8 Å². The molecule has 0 aromatic heterocycles. The molecule has 1 aliphatic heterocycles. The van der Waals surface area contributed by atoms with Crippen LogP contribution in [0.4, 0.5) is 0 Å². The molecule has 0 radical (unpaired) electrons. The highest BCUT2D eigenvalue weighted by molar-refractivity contribution is 4.86. The minimum Gasteiger partial charge on any atom is -0.395 e. The monoisotopic (exact) mass is 299 g/mol. The van der Waals surface area contributed by atoms with Crippen LogP contribution in [-0.2, 0) is 0 Å². The molecule has 0 aromatic carbocycles. The zero-order chi connectivity index (χ0) is 15.3. The van der Waals surface area contributed by atoms with Gasteiger partial charge in [-0.2, -0.15) is 0 Å². The molecule has 0 aliphatic carbocycles. The molecule has 0 saturated carbocycles. The molecule has 3 N–H and O–H groups in total. The fraction of sp³-hybridized carbons (Fsp3) is 1.00. The predicted octanol–water partition coefficient (Wildman–Crippen LogP) is 3.77. The minimum absolute atomic E-state index is 0.0513. The number of unbranched alkanes of at least 4 members (excludes halogenated alkanes) is 9. The average molecular weight is 299 g/mol. The van der Waals surface area contributed by atoms with Crippen LogP contribution in [0.25, 0.3) is 0 Å². The van der Waals surface area contributed by atoms with Crippen LogP contribution < -0.4 is 5.32 Å². The van der Waals surface area contributed by atoms with Crippen LogP contribution in [0.1, 0.15) is 90.4 Å². The van der Waals surface area contributed by atoms with Crippen LogP contribution in [0, 0.1) is 0 Å². The van der Waals surface area contributed by atoms with Crippen molar-refractivity contribution in [3.8, 4) is 0 Å². The molecule has 1 saturated heterocycles. The van der Waals surface area contributed by atoms with Crippen molar-refractivity contribution in [3.63, 3.8) is 0 Å². The Hall–Kier alpha value is -0.120. The number of nitrogens with one attached hydrogen (secondary N) is 1. The zero-order valence-corrected chi connectivity index (χ0v) is 14.0. The molecule has 0 unspecified atom stereocenters. The van der Waals surface area contributed by atoms with Crippen molar-refractivity contribution in [3.05, 3.63) is 0 Å². The number of aliphatic hydroxyl groups excluding tert-OH is 2. The fourth-order valence-corrected chi connectivity index (χ4v) is 3.35. The summed E-state index contributed by atoms with van der Waals surface area (Å²) in [5.74, 6) is 0. The summed E-state index contributed by atoms with van der Waals surface area (Å²) in [6.45, 7) is 2.32. The number of aliphatic hydroxyl groups is 2. The fourth-order valence-electron chi connectivity index (χ4n) is 3.35. The Bertz CT molecular complexity index is 235. The van der Waals surface area contributed by atoms with E-state index < -0.39 is 0 Å². The van der Waals surface area contributed by atoms with Crippen molar-refractivity contribution in [2.75, 3.05) is 6.61 Å². The van der Waals surface area contributed by atoms with Crippen molar-refractivity contribution in [2.45, 2.75) is 109 Å². The third-order valence-electron chi connectivity index (χ3n) is 4.83. The van der Waals surface area contributed by atoms with E-state index in [4.69, 9.17) is 0 Å². The van der Waals surface area contributed by atoms with E-state index in [1.807, 2.05) is 0 Å². The number of piperidine rings is 1. The van der Waals surface area contributed by atoms with E-state index >= 15 is 0 Å². The second kappa shape index (κ2) is 12.4. The van der Waals surface area contributed by atoms with Crippen LogP contribution in [0.3, 0.4) is 0 Å². The first-order valence-corrected chi connectivity index (χ1v) is 9.33. The molecule has 1 heterocycles. The average Bonchev–Trinajstić information content (AvgIpc) is 2.50. The first-order chi connectivity index (χ1) is 10.3. The summed E-state index contributed by atoms with van der Waals surface area (Å²) in [6, 6.07) is 0.395. The minimum atomic E-state index is -0.362. The Morgan fingerprint density at radius 2 is 1.43 bits per heavy atom. The molecule has 0 spiro atoms. The lowest BCUT2D eigenvalue weighted by molar-refractivity contribution is 0.0482. The maximum absolute atomic E-state index is 9.71. The summed E-state index contributed by atoms with van der Waals surface area (Å²) >= 11 is 0. The van der Waals surface area contributed by atoms with Gasteiger partial charge in [0.15, 0.2) is 0 Å². The van der Waals surface area contributed by atoms with E-state index in [9.17, 15) is 10.2 Å². The van der Waals surface area contributed by atoms with Gasteiger partial charge < -0.3 is 15.5 Å². The second-order valence-corrected chi connectivity index (χ2v) is 6.77. The van der Waals surface area contributed by atoms with Crippen LogP contribution >= 0.6 is 0 Å². The molecular weight excluding hydrogens is 262 g/mol. The highest BCUT2D eigenvalue weighted by Gasteiger charge is 2.27. The van der Waals surface area contributed by atoms with Gasteiger partial charge in [-0.25, -0.2) is 0 Å². The van der Waals surface area contributed by atoms with Gasteiger partial charge in [-0.05, 0) is 19.3 Å². The molecule has 1 aliphatic rings.